The van der Waals surface area contributed by atoms with Gasteiger partial charge in [-0.05, 0) is 49.7 Å². The Bertz CT molecular complexity index is 658. The summed E-state index contributed by atoms with van der Waals surface area (Å²) in [5.74, 6) is 0.219. The van der Waals surface area contributed by atoms with Crippen molar-refractivity contribution in [1.29, 1.82) is 0 Å². The van der Waals surface area contributed by atoms with Crippen LogP contribution in [0.3, 0.4) is 0 Å². The maximum absolute atomic E-state index is 12.6. The maximum atomic E-state index is 12.6. The number of amides is 1. The van der Waals surface area contributed by atoms with E-state index in [2.05, 4.69) is 48.3 Å². The van der Waals surface area contributed by atoms with Crippen LogP contribution in [0, 0.1) is 0 Å². The van der Waals surface area contributed by atoms with E-state index in [-0.39, 0.29) is 5.91 Å². The van der Waals surface area contributed by atoms with Crippen molar-refractivity contribution in [3.05, 3.63) is 60.2 Å². The Morgan fingerprint density at radius 1 is 1.00 bits per heavy atom. The van der Waals surface area contributed by atoms with Gasteiger partial charge in [0, 0.05) is 13.1 Å². The summed E-state index contributed by atoms with van der Waals surface area (Å²) in [4.78, 5) is 16.8. The minimum absolute atomic E-state index is 0.219. The Labute approximate surface area is 144 Å². The normalized spacial score (nSPS) is 16.1. The third kappa shape index (κ3) is 4.04. The van der Waals surface area contributed by atoms with Crippen molar-refractivity contribution in [1.82, 2.24) is 9.80 Å². The van der Waals surface area contributed by atoms with Gasteiger partial charge in [-0.3, -0.25) is 4.79 Å². The quantitative estimate of drug-likeness (QED) is 0.861. The largest absolute Gasteiger partial charge is 0.342 e. The summed E-state index contributed by atoms with van der Waals surface area (Å²) in [6, 6.07) is 19.1. The highest BCUT2D eigenvalue weighted by atomic mass is 16.2. The fourth-order valence-electron chi connectivity index (χ4n) is 3.33. The van der Waals surface area contributed by atoms with Crippen LogP contribution in [0.15, 0.2) is 54.6 Å². The molecule has 0 bridgehead atoms. The highest BCUT2D eigenvalue weighted by molar-refractivity contribution is 5.79. The third-order valence-electron chi connectivity index (χ3n) is 5.05. The van der Waals surface area contributed by atoms with E-state index < -0.39 is 0 Å². The van der Waals surface area contributed by atoms with Gasteiger partial charge in [0.2, 0.25) is 5.91 Å². The Morgan fingerprint density at radius 2 is 1.58 bits per heavy atom. The highest BCUT2D eigenvalue weighted by Gasteiger charge is 2.23. The molecule has 0 N–H and O–H groups in total. The molecule has 0 saturated carbocycles. The first-order valence-electron chi connectivity index (χ1n) is 8.72. The molecule has 0 spiro atoms. The van der Waals surface area contributed by atoms with E-state index in [1.807, 2.05) is 30.1 Å². The van der Waals surface area contributed by atoms with E-state index in [0.717, 1.165) is 31.5 Å². The van der Waals surface area contributed by atoms with Gasteiger partial charge in [0.25, 0.3) is 0 Å². The van der Waals surface area contributed by atoms with Crippen LogP contribution in [0.2, 0.25) is 0 Å². The lowest BCUT2D eigenvalue weighted by Crippen LogP contribution is -2.44. The van der Waals surface area contributed by atoms with E-state index in [4.69, 9.17) is 0 Å². The van der Waals surface area contributed by atoms with E-state index in [9.17, 15) is 4.79 Å². The smallest absolute Gasteiger partial charge is 0.226 e. The summed E-state index contributed by atoms with van der Waals surface area (Å²) in [5, 5.41) is 0. The SMILES string of the molecule is CN1CCC(N(C)C(=O)Cc2ccc(-c3ccccc3)cc2)CC1. The van der Waals surface area contributed by atoms with Gasteiger partial charge in [-0.15, -0.1) is 0 Å². The topological polar surface area (TPSA) is 23.6 Å². The van der Waals surface area contributed by atoms with Gasteiger partial charge in [-0.1, -0.05) is 54.6 Å². The maximum Gasteiger partial charge on any atom is 0.226 e. The van der Waals surface area contributed by atoms with E-state index >= 15 is 0 Å². The van der Waals surface area contributed by atoms with Crippen molar-refractivity contribution in [2.75, 3.05) is 27.2 Å². The van der Waals surface area contributed by atoms with Gasteiger partial charge in [0.1, 0.15) is 0 Å². The number of benzene rings is 2. The van der Waals surface area contributed by atoms with E-state index in [1.54, 1.807) is 0 Å². The first kappa shape index (κ1) is 16.7. The lowest BCUT2D eigenvalue weighted by atomic mass is 10.0. The molecule has 2 aromatic rings. The molecule has 1 fully saturated rings. The van der Waals surface area contributed by atoms with Crippen molar-refractivity contribution in [2.24, 2.45) is 0 Å². The molecular weight excluding hydrogens is 296 g/mol. The first-order chi connectivity index (χ1) is 11.6. The number of piperidine rings is 1. The number of hydrogen-bond donors (Lipinski definition) is 0. The predicted octanol–water partition coefficient (Wildman–Crippen LogP) is 3.45. The molecule has 1 aliphatic heterocycles. The highest BCUT2D eigenvalue weighted by Crippen LogP contribution is 2.20. The van der Waals surface area contributed by atoms with E-state index in [1.165, 1.54) is 11.1 Å². The molecule has 0 aliphatic carbocycles. The number of carbonyl (C=O) groups is 1. The Morgan fingerprint density at radius 3 is 2.21 bits per heavy atom. The lowest BCUT2D eigenvalue weighted by Gasteiger charge is -2.35. The molecule has 3 heteroatoms. The molecule has 1 heterocycles. The second-order valence-corrected chi connectivity index (χ2v) is 6.78. The molecular formula is C21H26N2O. The van der Waals surface area contributed by atoms with Crippen LogP contribution in [0.4, 0.5) is 0 Å². The van der Waals surface area contributed by atoms with Gasteiger partial charge in [-0.2, -0.15) is 0 Å². The lowest BCUT2D eigenvalue weighted by molar-refractivity contribution is -0.132. The fourth-order valence-corrected chi connectivity index (χ4v) is 3.33. The first-order valence-corrected chi connectivity index (χ1v) is 8.72. The molecule has 0 aromatic heterocycles. The number of carbonyl (C=O) groups excluding carboxylic acids is 1. The van der Waals surface area contributed by atoms with Crippen molar-refractivity contribution in [3.8, 4) is 11.1 Å². The Balaban J connectivity index is 1.60. The zero-order valence-electron chi connectivity index (χ0n) is 14.6. The summed E-state index contributed by atoms with van der Waals surface area (Å²) >= 11 is 0. The van der Waals surface area contributed by atoms with Crippen molar-refractivity contribution >= 4 is 5.91 Å². The molecule has 3 rings (SSSR count). The molecule has 1 aliphatic rings. The molecule has 126 valence electrons. The zero-order valence-corrected chi connectivity index (χ0v) is 14.6. The summed E-state index contributed by atoms with van der Waals surface area (Å²) in [6.45, 7) is 2.15. The van der Waals surface area contributed by atoms with Gasteiger partial charge in [0.15, 0.2) is 0 Å². The van der Waals surface area contributed by atoms with Gasteiger partial charge < -0.3 is 9.80 Å². The van der Waals surface area contributed by atoms with Crippen LogP contribution in [0.1, 0.15) is 18.4 Å². The standard InChI is InChI=1S/C21H26N2O/c1-22-14-12-20(13-15-22)23(2)21(24)16-17-8-10-19(11-9-17)18-6-4-3-5-7-18/h3-11,20H,12-16H2,1-2H3. The van der Waals surface area contributed by atoms with Crippen molar-refractivity contribution in [2.45, 2.75) is 25.3 Å². The summed E-state index contributed by atoms with van der Waals surface area (Å²) < 4.78 is 0. The zero-order chi connectivity index (χ0) is 16.9. The van der Waals surface area contributed by atoms with Crippen molar-refractivity contribution < 1.29 is 4.79 Å². The minimum atomic E-state index is 0.219. The second-order valence-electron chi connectivity index (χ2n) is 6.78. The Kier molecular flexibility index (Phi) is 5.31. The fraction of sp³-hybridized carbons (Fsp3) is 0.381. The van der Waals surface area contributed by atoms with Gasteiger partial charge >= 0.3 is 0 Å². The minimum Gasteiger partial charge on any atom is -0.342 e. The molecule has 0 unspecified atom stereocenters. The summed E-state index contributed by atoms with van der Waals surface area (Å²) in [5.41, 5.74) is 3.48. The van der Waals surface area contributed by atoms with Gasteiger partial charge in [-0.25, -0.2) is 0 Å². The molecule has 1 amide bonds. The number of rotatable bonds is 4. The number of nitrogens with zero attached hydrogens (tertiary/aromatic N) is 2. The average Bonchev–Trinajstić information content (AvgIpc) is 2.63. The summed E-state index contributed by atoms with van der Waals surface area (Å²) in [7, 11) is 4.10. The van der Waals surface area contributed by atoms with Gasteiger partial charge in [0.05, 0.1) is 6.42 Å². The van der Waals surface area contributed by atoms with Crippen LogP contribution in [0.5, 0.6) is 0 Å². The van der Waals surface area contributed by atoms with Crippen LogP contribution >= 0.6 is 0 Å². The van der Waals surface area contributed by atoms with Crippen LogP contribution in [-0.2, 0) is 11.2 Å². The summed E-state index contributed by atoms with van der Waals surface area (Å²) in [6.07, 6.45) is 2.63. The van der Waals surface area contributed by atoms with Crippen LogP contribution < -0.4 is 0 Å². The number of likely N-dealkylation sites (tertiary alicyclic amines) is 1. The monoisotopic (exact) mass is 322 g/mol. The molecule has 3 nitrogen and oxygen atoms in total. The molecule has 24 heavy (non-hydrogen) atoms. The predicted molar refractivity (Wildman–Crippen MR) is 98.9 cm³/mol. The number of hydrogen-bond acceptors (Lipinski definition) is 2. The molecule has 0 radical (unpaired) electrons. The molecule has 1 saturated heterocycles. The molecule has 0 atom stereocenters. The number of likely N-dealkylation sites (N-methyl/N-ethyl adjacent to an activating group) is 1. The van der Waals surface area contributed by atoms with E-state index in [0.29, 0.717) is 12.5 Å². The third-order valence-corrected chi connectivity index (χ3v) is 5.05. The van der Waals surface area contributed by atoms with Crippen LogP contribution in [-0.4, -0.2) is 48.9 Å². The van der Waals surface area contributed by atoms with Crippen LogP contribution in [0.25, 0.3) is 11.1 Å². The second kappa shape index (κ2) is 7.63. The Hall–Kier alpha value is -2.13. The van der Waals surface area contributed by atoms with Crippen molar-refractivity contribution in [3.63, 3.8) is 0 Å². The molecule has 2 aromatic carbocycles. The average molecular weight is 322 g/mol.